The molecule has 12 heteroatoms. The van der Waals surface area contributed by atoms with E-state index >= 15 is 0 Å². The van der Waals surface area contributed by atoms with Gasteiger partial charge in [-0.3, -0.25) is 0 Å². The largest absolute Gasteiger partial charge is 0.397 e. The molecule has 2 radical (unpaired) electrons. The maximum absolute atomic E-state index is 7.57. The second-order valence-corrected chi connectivity index (χ2v) is 3.16. The van der Waals surface area contributed by atoms with Gasteiger partial charge in [0.1, 0.15) is 0 Å². The minimum Gasteiger partial charge on any atom is -0.397 e. The Labute approximate surface area is 223 Å². The fourth-order valence-corrected chi connectivity index (χ4v) is 0. The van der Waals surface area contributed by atoms with Crippen molar-refractivity contribution in [3.05, 3.63) is 0 Å². The molecule has 32 heavy (non-hydrogen) atoms. The van der Waals surface area contributed by atoms with Crippen LogP contribution in [-0.4, -0.2) is 117 Å². The van der Waals surface area contributed by atoms with Gasteiger partial charge < -0.3 is 51.1 Å². The SMILES string of the molecule is CCO.CCO.CCO.CCO.CCO.CCO.CCO.CCO.CCO.CCO.[V].[V]. The molecule has 0 fully saturated rings. The molecule has 10 nitrogen and oxygen atoms in total. The smallest absolute Gasteiger partial charge is 0.0402 e. The van der Waals surface area contributed by atoms with Crippen LogP contribution in [0.5, 0.6) is 0 Å². The van der Waals surface area contributed by atoms with Gasteiger partial charge in [0.15, 0.2) is 0 Å². The summed E-state index contributed by atoms with van der Waals surface area (Å²) in [6.07, 6.45) is 0. The molecular weight excluding hydrogens is 502 g/mol. The van der Waals surface area contributed by atoms with Gasteiger partial charge in [0, 0.05) is 103 Å². The fourth-order valence-electron chi connectivity index (χ4n) is 0. The van der Waals surface area contributed by atoms with Crippen molar-refractivity contribution in [3.63, 3.8) is 0 Å². The van der Waals surface area contributed by atoms with Crippen molar-refractivity contribution in [2.24, 2.45) is 0 Å². The Morgan fingerprint density at radius 1 is 0.219 bits per heavy atom. The zero-order valence-electron chi connectivity index (χ0n) is 22.4. The molecule has 0 aliphatic carbocycles. The summed E-state index contributed by atoms with van der Waals surface area (Å²) in [5, 5.41) is 75.7. The molecular formula is C20H60O10V2. The Morgan fingerprint density at radius 3 is 0.219 bits per heavy atom. The molecule has 0 saturated carbocycles. The summed E-state index contributed by atoms with van der Waals surface area (Å²) in [5.74, 6) is 0. The van der Waals surface area contributed by atoms with E-state index in [1.807, 2.05) is 0 Å². The molecule has 0 aliphatic heterocycles. The Hall–Kier alpha value is 0.769. The molecule has 0 aromatic carbocycles. The predicted molar refractivity (Wildman–Crippen MR) is 128 cm³/mol. The van der Waals surface area contributed by atoms with Crippen molar-refractivity contribution in [1.29, 1.82) is 0 Å². The molecule has 0 rings (SSSR count). The van der Waals surface area contributed by atoms with E-state index in [1.165, 1.54) is 0 Å². The molecule has 0 aliphatic rings. The molecule has 10 N–H and O–H groups in total. The molecule has 0 aromatic rings. The van der Waals surface area contributed by atoms with Crippen LogP contribution in [0.4, 0.5) is 0 Å². The third-order valence-corrected chi connectivity index (χ3v) is 0. The van der Waals surface area contributed by atoms with E-state index in [9.17, 15) is 0 Å². The molecule has 0 bridgehead atoms. The van der Waals surface area contributed by atoms with Crippen LogP contribution in [0, 0.1) is 0 Å². The molecule has 210 valence electrons. The summed E-state index contributed by atoms with van der Waals surface area (Å²) in [4.78, 5) is 0. The van der Waals surface area contributed by atoms with E-state index in [0.717, 1.165) is 0 Å². The van der Waals surface area contributed by atoms with Gasteiger partial charge in [-0.1, -0.05) is 0 Å². The van der Waals surface area contributed by atoms with Crippen molar-refractivity contribution in [3.8, 4) is 0 Å². The first-order chi connectivity index (χ1) is 14.1. The van der Waals surface area contributed by atoms with E-state index in [-0.39, 0.29) is 103 Å². The van der Waals surface area contributed by atoms with Crippen LogP contribution in [0.1, 0.15) is 69.2 Å². The van der Waals surface area contributed by atoms with Gasteiger partial charge in [-0.15, -0.1) is 0 Å². The third-order valence-electron chi connectivity index (χ3n) is 0. The molecule has 0 aromatic heterocycles. The quantitative estimate of drug-likeness (QED) is 0.191. The first-order valence-corrected chi connectivity index (χ1v) is 10.2. The fraction of sp³-hybridized carbons (Fsp3) is 1.00. The van der Waals surface area contributed by atoms with Crippen LogP contribution >= 0.6 is 0 Å². The number of rotatable bonds is 0. The number of hydrogen-bond donors (Lipinski definition) is 10. The summed E-state index contributed by atoms with van der Waals surface area (Å²) in [7, 11) is 0. The Morgan fingerprint density at radius 2 is 0.219 bits per heavy atom. The average molecular weight is 563 g/mol. The summed E-state index contributed by atoms with van der Waals surface area (Å²) in [5.41, 5.74) is 0. The Kier molecular flexibility index (Phi) is 621. The molecule has 0 unspecified atom stereocenters. The monoisotopic (exact) mass is 562 g/mol. The summed E-state index contributed by atoms with van der Waals surface area (Å²) >= 11 is 0. The van der Waals surface area contributed by atoms with E-state index < -0.39 is 0 Å². The zero-order valence-corrected chi connectivity index (χ0v) is 25.2. The van der Waals surface area contributed by atoms with Gasteiger partial charge in [-0.25, -0.2) is 0 Å². The first-order valence-electron chi connectivity index (χ1n) is 10.2. The molecule has 0 heterocycles. The second kappa shape index (κ2) is 259. The van der Waals surface area contributed by atoms with Crippen LogP contribution in [-0.2, 0) is 37.1 Å². The molecule has 0 spiro atoms. The minimum atomic E-state index is 0. The summed E-state index contributed by atoms with van der Waals surface area (Å²) < 4.78 is 0. The second-order valence-electron chi connectivity index (χ2n) is 3.16. The Bertz CT molecular complexity index is 71.6. The van der Waals surface area contributed by atoms with E-state index in [1.54, 1.807) is 69.2 Å². The minimum absolute atomic E-state index is 0. The van der Waals surface area contributed by atoms with Gasteiger partial charge >= 0.3 is 0 Å². The first kappa shape index (κ1) is 76.7. The van der Waals surface area contributed by atoms with Crippen LogP contribution in [0.25, 0.3) is 0 Å². The summed E-state index contributed by atoms with van der Waals surface area (Å²) in [6, 6.07) is 0. The van der Waals surface area contributed by atoms with Crippen molar-refractivity contribution < 1.29 is 88.2 Å². The predicted octanol–water partition coefficient (Wildman–Crippen LogP) is -0.0190. The number of aliphatic hydroxyl groups excluding tert-OH is 10. The summed E-state index contributed by atoms with van der Waals surface area (Å²) in [6.45, 7) is 19.3. The standard InChI is InChI=1S/10C2H6O.2V/c10*1-2-3;;/h10*3H,2H2,1H3;;. The molecule has 0 atom stereocenters. The van der Waals surface area contributed by atoms with Crippen LogP contribution in [0.15, 0.2) is 0 Å². The van der Waals surface area contributed by atoms with Crippen LogP contribution in [0.2, 0.25) is 0 Å². The van der Waals surface area contributed by atoms with Gasteiger partial charge in [-0.05, 0) is 69.2 Å². The molecule has 0 amide bonds. The van der Waals surface area contributed by atoms with Crippen LogP contribution in [0.3, 0.4) is 0 Å². The van der Waals surface area contributed by atoms with Gasteiger partial charge in [0.2, 0.25) is 0 Å². The van der Waals surface area contributed by atoms with Gasteiger partial charge in [0.05, 0.1) is 0 Å². The van der Waals surface area contributed by atoms with Gasteiger partial charge in [0.25, 0.3) is 0 Å². The van der Waals surface area contributed by atoms with E-state index in [0.29, 0.717) is 0 Å². The van der Waals surface area contributed by atoms with Crippen molar-refractivity contribution in [1.82, 2.24) is 0 Å². The maximum Gasteiger partial charge on any atom is 0.0402 e. The zero-order chi connectivity index (χ0) is 27.1. The Balaban J connectivity index is -0.0000000138. The third kappa shape index (κ3) is 46100. The number of hydrogen-bond acceptors (Lipinski definition) is 10. The van der Waals surface area contributed by atoms with E-state index in [2.05, 4.69) is 0 Å². The maximum atomic E-state index is 7.57. The van der Waals surface area contributed by atoms with Crippen LogP contribution < -0.4 is 0 Å². The molecule has 0 saturated heterocycles. The van der Waals surface area contributed by atoms with Crippen molar-refractivity contribution in [2.75, 3.05) is 66.1 Å². The number of aliphatic hydroxyl groups is 10. The van der Waals surface area contributed by atoms with E-state index in [4.69, 9.17) is 51.1 Å². The average Bonchev–Trinajstić information content (AvgIpc) is 2.61. The van der Waals surface area contributed by atoms with Crippen molar-refractivity contribution in [2.45, 2.75) is 69.2 Å². The van der Waals surface area contributed by atoms with Crippen molar-refractivity contribution >= 4 is 0 Å². The topological polar surface area (TPSA) is 202 Å². The normalized spacial score (nSPS) is 5.62. The van der Waals surface area contributed by atoms with Gasteiger partial charge in [-0.2, -0.15) is 0 Å².